The first-order valence-electron chi connectivity index (χ1n) is 7.84. The van der Waals surface area contributed by atoms with Crippen LogP contribution in [0.2, 0.25) is 0 Å². The van der Waals surface area contributed by atoms with Crippen LogP contribution in [0.5, 0.6) is 5.88 Å². The number of aryl methyl sites for hydroxylation is 1. The maximum absolute atomic E-state index is 12.3. The van der Waals surface area contributed by atoms with E-state index in [4.69, 9.17) is 0 Å². The molecule has 0 saturated carbocycles. The Labute approximate surface area is 140 Å². The highest BCUT2D eigenvalue weighted by atomic mass is 16.3. The molecule has 0 radical (unpaired) electrons. The van der Waals surface area contributed by atoms with Gasteiger partial charge in [-0.3, -0.25) is 9.36 Å². The number of rotatable bonds is 5. The molecule has 1 heterocycles. The van der Waals surface area contributed by atoms with Crippen LogP contribution in [0, 0.1) is 25.2 Å². The highest BCUT2D eigenvalue weighted by Crippen LogP contribution is 2.32. The van der Waals surface area contributed by atoms with E-state index in [0.29, 0.717) is 17.8 Å². The highest BCUT2D eigenvalue weighted by Gasteiger charge is 2.18. The Hall–Kier alpha value is -2.94. The number of hydrogen-bond acceptors (Lipinski definition) is 5. The van der Waals surface area contributed by atoms with Crippen LogP contribution in [0.25, 0.3) is 0 Å². The summed E-state index contributed by atoms with van der Waals surface area (Å²) >= 11 is 0. The lowest BCUT2D eigenvalue weighted by molar-refractivity contribution is 0.402. The van der Waals surface area contributed by atoms with E-state index in [9.17, 15) is 15.2 Å². The maximum atomic E-state index is 12.3. The predicted molar refractivity (Wildman–Crippen MR) is 92.1 cm³/mol. The summed E-state index contributed by atoms with van der Waals surface area (Å²) in [5.41, 5.74) is 1.67. The van der Waals surface area contributed by atoms with E-state index in [1.807, 2.05) is 38.1 Å². The third-order valence-corrected chi connectivity index (χ3v) is 3.77. The molecule has 6 heteroatoms. The molecule has 1 N–H and O–H groups in total. The van der Waals surface area contributed by atoms with Crippen molar-refractivity contribution in [3.8, 4) is 11.9 Å². The van der Waals surface area contributed by atoms with Gasteiger partial charge in [0.1, 0.15) is 11.6 Å². The molecule has 1 aromatic heterocycles. The van der Waals surface area contributed by atoms with Gasteiger partial charge in [0.15, 0.2) is 5.69 Å². The van der Waals surface area contributed by atoms with Crippen molar-refractivity contribution >= 4 is 11.4 Å². The molecule has 124 valence electrons. The molecule has 0 saturated heterocycles. The zero-order valence-corrected chi connectivity index (χ0v) is 14.1. The van der Waals surface area contributed by atoms with Crippen molar-refractivity contribution in [2.75, 3.05) is 0 Å². The normalized spacial score (nSPS) is 10.9. The predicted octanol–water partition coefficient (Wildman–Crippen LogP) is 4.26. The highest BCUT2D eigenvalue weighted by molar-refractivity contribution is 5.59. The molecular formula is C18H20N4O2. The van der Waals surface area contributed by atoms with Crippen molar-refractivity contribution < 1.29 is 5.11 Å². The number of nitriles is 1. The van der Waals surface area contributed by atoms with E-state index in [1.54, 1.807) is 13.0 Å². The Kier molecular flexibility index (Phi) is 5.48. The van der Waals surface area contributed by atoms with Crippen molar-refractivity contribution in [2.24, 2.45) is 10.2 Å². The number of azo groups is 1. The molecule has 0 amide bonds. The SMILES string of the molecule is CCCCn1c(O)c(/N=N/c2cccc(C)c2)c(C)c(C#N)c1=O. The summed E-state index contributed by atoms with van der Waals surface area (Å²) in [6.45, 7) is 5.86. The summed E-state index contributed by atoms with van der Waals surface area (Å²) in [5, 5.41) is 27.9. The summed E-state index contributed by atoms with van der Waals surface area (Å²) in [4.78, 5) is 12.3. The average molecular weight is 324 g/mol. The Balaban J connectivity index is 2.56. The number of benzene rings is 1. The van der Waals surface area contributed by atoms with Crippen LogP contribution < -0.4 is 5.56 Å². The topological polar surface area (TPSA) is 90.7 Å². The first-order valence-corrected chi connectivity index (χ1v) is 7.84. The summed E-state index contributed by atoms with van der Waals surface area (Å²) in [7, 11) is 0. The van der Waals surface area contributed by atoms with Gasteiger partial charge in [-0.15, -0.1) is 5.11 Å². The Morgan fingerprint density at radius 2 is 2.04 bits per heavy atom. The number of nitrogens with zero attached hydrogens (tertiary/aromatic N) is 4. The van der Waals surface area contributed by atoms with E-state index >= 15 is 0 Å². The van der Waals surface area contributed by atoms with Gasteiger partial charge < -0.3 is 5.11 Å². The third-order valence-electron chi connectivity index (χ3n) is 3.77. The van der Waals surface area contributed by atoms with Crippen LogP contribution in [-0.4, -0.2) is 9.67 Å². The molecule has 0 atom stereocenters. The third kappa shape index (κ3) is 3.51. The summed E-state index contributed by atoms with van der Waals surface area (Å²) in [6, 6.07) is 9.36. The number of aromatic hydroxyl groups is 1. The molecule has 0 aliphatic rings. The molecule has 24 heavy (non-hydrogen) atoms. The summed E-state index contributed by atoms with van der Waals surface area (Å²) in [5.74, 6) is -0.249. The van der Waals surface area contributed by atoms with Gasteiger partial charge in [-0.25, -0.2) is 0 Å². The second-order valence-electron chi connectivity index (χ2n) is 5.63. The molecule has 2 rings (SSSR count). The lowest BCUT2D eigenvalue weighted by atomic mass is 10.1. The minimum absolute atomic E-state index is 0.0119. The standard InChI is InChI=1S/C18H20N4O2/c1-4-5-9-22-17(23)15(11-19)13(3)16(18(22)24)21-20-14-8-6-7-12(2)10-14/h6-8,10,24H,4-5,9H2,1-3H3/b21-20+. The van der Waals surface area contributed by atoms with Crippen molar-refractivity contribution in [3.05, 3.63) is 51.3 Å². The molecule has 0 aliphatic carbocycles. The van der Waals surface area contributed by atoms with Crippen molar-refractivity contribution in [3.63, 3.8) is 0 Å². The van der Waals surface area contributed by atoms with Crippen molar-refractivity contribution in [2.45, 2.75) is 40.2 Å². The fraction of sp³-hybridized carbons (Fsp3) is 0.333. The molecule has 0 aliphatic heterocycles. The summed E-state index contributed by atoms with van der Waals surface area (Å²) < 4.78 is 1.19. The Morgan fingerprint density at radius 3 is 2.67 bits per heavy atom. The van der Waals surface area contributed by atoms with Crippen LogP contribution in [0.15, 0.2) is 39.3 Å². The Bertz CT molecular complexity index is 876. The maximum Gasteiger partial charge on any atom is 0.271 e. The minimum Gasteiger partial charge on any atom is -0.493 e. The fourth-order valence-corrected chi connectivity index (χ4v) is 2.38. The van der Waals surface area contributed by atoms with Gasteiger partial charge in [-0.2, -0.15) is 10.4 Å². The van der Waals surface area contributed by atoms with Gasteiger partial charge in [-0.05, 0) is 38.0 Å². The van der Waals surface area contributed by atoms with Gasteiger partial charge in [0.05, 0.1) is 5.69 Å². The Morgan fingerprint density at radius 1 is 1.29 bits per heavy atom. The lowest BCUT2D eigenvalue weighted by Gasteiger charge is -2.12. The molecule has 6 nitrogen and oxygen atoms in total. The van der Waals surface area contributed by atoms with E-state index in [0.717, 1.165) is 18.4 Å². The van der Waals surface area contributed by atoms with Gasteiger partial charge >= 0.3 is 0 Å². The molecule has 1 aromatic carbocycles. The quantitative estimate of drug-likeness (QED) is 0.833. The van der Waals surface area contributed by atoms with Gasteiger partial charge in [0, 0.05) is 12.1 Å². The second-order valence-corrected chi connectivity index (χ2v) is 5.63. The van der Waals surface area contributed by atoms with Crippen LogP contribution in [0.4, 0.5) is 11.4 Å². The van der Waals surface area contributed by atoms with Crippen LogP contribution in [0.1, 0.15) is 36.5 Å². The number of aromatic nitrogens is 1. The molecule has 0 unspecified atom stereocenters. The minimum atomic E-state index is -0.490. The molecule has 2 aromatic rings. The van der Waals surface area contributed by atoms with Gasteiger partial charge in [-0.1, -0.05) is 25.5 Å². The van der Waals surface area contributed by atoms with Crippen molar-refractivity contribution in [1.29, 1.82) is 5.26 Å². The first-order chi connectivity index (χ1) is 11.5. The number of pyridine rings is 1. The lowest BCUT2D eigenvalue weighted by Crippen LogP contribution is -2.23. The number of hydrogen-bond donors (Lipinski definition) is 1. The monoisotopic (exact) mass is 324 g/mol. The first kappa shape index (κ1) is 17.4. The second kappa shape index (κ2) is 7.55. The average Bonchev–Trinajstić information content (AvgIpc) is 2.55. The molecular weight excluding hydrogens is 304 g/mol. The molecule has 0 bridgehead atoms. The van der Waals surface area contributed by atoms with Crippen molar-refractivity contribution in [1.82, 2.24) is 4.57 Å². The largest absolute Gasteiger partial charge is 0.493 e. The van der Waals surface area contributed by atoms with Crippen LogP contribution in [-0.2, 0) is 6.54 Å². The fourth-order valence-electron chi connectivity index (χ4n) is 2.38. The number of unbranched alkanes of at least 4 members (excludes halogenated alkanes) is 1. The van der Waals surface area contributed by atoms with E-state index < -0.39 is 5.56 Å². The van der Waals surface area contributed by atoms with E-state index in [2.05, 4.69) is 10.2 Å². The van der Waals surface area contributed by atoms with Crippen LogP contribution in [0.3, 0.4) is 0 Å². The van der Waals surface area contributed by atoms with Gasteiger partial charge in [0.25, 0.3) is 5.56 Å². The zero-order chi connectivity index (χ0) is 17.7. The molecule has 0 fully saturated rings. The zero-order valence-electron chi connectivity index (χ0n) is 14.1. The molecule has 0 spiro atoms. The smallest absolute Gasteiger partial charge is 0.271 e. The van der Waals surface area contributed by atoms with Gasteiger partial charge in [0.2, 0.25) is 5.88 Å². The van der Waals surface area contributed by atoms with E-state index in [1.165, 1.54) is 4.57 Å². The van der Waals surface area contributed by atoms with E-state index in [-0.39, 0.29) is 17.1 Å². The summed E-state index contributed by atoms with van der Waals surface area (Å²) in [6.07, 6.45) is 1.58. The van der Waals surface area contributed by atoms with Crippen LogP contribution >= 0.6 is 0 Å².